The van der Waals surface area contributed by atoms with Gasteiger partial charge in [-0.1, -0.05) is 33.1 Å². The third kappa shape index (κ3) is 8.81. The van der Waals surface area contributed by atoms with Gasteiger partial charge < -0.3 is 14.9 Å². The van der Waals surface area contributed by atoms with Crippen molar-refractivity contribution in [1.82, 2.24) is 4.90 Å². The molecule has 1 saturated heterocycles. The standard InChI is InChI=1S/C20H35NO5/c1-3-16(2)9-10-18(20(24)25)17(19(22)23)8-6-4-5-7-11-21-12-14-26-15-13-21/h16H,3-15H2,1-2H3,(H,22,23)(H,24,25). The molecule has 0 saturated carbocycles. The van der Waals surface area contributed by atoms with Crippen molar-refractivity contribution in [3.8, 4) is 0 Å². The first-order valence-electron chi connectivity index (χ1n) is 9.94. The minimum Gasteiger partial charge on any atom is -0.478 e. The van der Waals surface area contributed by atoms with E-state index in [2.05, 4.69) is 18.7 Å². The van der Waals surface area contributed by atoms with Gasteiger partial charge in [0.05, 0.1) is 13.2 Å². The maximum atomic E-state index is 11.5. The summed E-state index contributed by atoms with van der Waals surface area (Å²) < 4.78 is 5.33. The van der Waals surface area contributed by atoms with Gasteiger partial charge in [0.1, 0.15) is 0 Å². The van der Waals surface area contributed by atoms with Gasteiger partial charge in [-0.25, -0.2) is 9.59 Å². The molecule has 6 heteroatoms. The maximum absolute atomic E-state index is 11.5. The van der Waals surface area contributed by atoms with Crippen molar-refractivity contribution in [1.29, 1.82) is 0 Å². The van der Waals surface area contributed by atoms with Gasteiger partial charge in [-0.3, -0.25) is 4.90 Å². The van der Waals surface area contributed by atoms with Gasteiger partial charge in [0.2, 0.25) is 0 Å². The monoisotopic (exact) mass is 369 g/mol. The van der Waals surface area contributed by atoms with Crippen LogP contribution in [0.25, 0.3) is 0 Å². The average Bonchev–Trinajstić information content (AvgIpc) is 2.62. The van der Waals surface area contributed by atoms with Gasteiger partial charge in [0, 0.05) is 24.2 Å². The van der Waals surface area contributed by atoms with E-state index in [1.54, 1.807) is 0 Å². The Morgan fingerprint density at radius 3 is 2.12 bits per heavy atom. The Morgan fingerprint density at radius 1 is 0.962 bits per heavy atom. The number of carboxylic acids is 2. The van der Waals surface area contributed by atoms with E-state index in [1.807, 2.05) is 0 Å². The highest BCUT2D eigenvalue weighted by Gasteiger charge is 2.20. The van der Waals surface area contributed by atoms with E-state index in [1.165, 1.54) is 0 Å². The highest BCUT2D eigenvalue weighted by molar-refractivity contribution is 5.98. The lowest BCUT2D eigenvalue weighted by atomic mass is 9.93. The molecular formula is C20H35NO5. The van der Waals surface area contributed by atoms with E-state index < -0.39 is 11.9 Å². The lowest BCUT2D eigenvalue weighted by Crippen LogP contribution is -2.36. The molecule has 0 aliphatic carbocycles. The summed E-state index contributed by atoms with van der Waals surface area (Å²) >= 11 is 0. The van der Waals surface area contributed by atoms with Crippen molar-refractivity contribution in [2.45, 2.75) is 65.2 Å². The molecule has 0 spiro atoms. The maximum Gasteiger partial charge on any atom is 0.332 e. The van der Waals surface area contributed by atoms with E-state index in [-0.39, 0.29) is 11.1 Å². The smallest absolute Gasteiger partial charge is 0.332 e. The van der Waals surface area contributed by atoms with Crippen LogP contribution < -0.4 is 0 Å². The fraction of sp³-hybridized carbons (Fsp3) is 0.800. The normalized spacial score (nSPS) is 17.6. The highest BCUT2D eigenvalue weighted by Crippen LogP contribution is 2.22. The molecular weight excluding hydrogens is 334 g/mol. The highest BCUT2D eigenvalue weighted by atomic mass is 16.5. The summed E-state index contributed by atoms with van der Waals surface area (Å²) in [5.41, 5.74) is 0.181. The van der Waals surface area contributed by atoms with Gasteiger partial charge in [-0.2, -0.15) is 0 Å². The Balaban J connectivity index is 2.41. The molecule has 1 rings (SSSR count). The van der Waals surface area contributed by atoms with Crippen LogP contribution in [-0.4, -0.2) is 59.9 Å². The first-order valence-corrected chi connectivity index (χ1v) is 9.94. The van der Waals surface area contributed by atoms with Gasteiger partial charge >= 0.3 is 11.9 Å². The minimum atomic E-state index is -1.09. The van der Waals surface area contributed by atoms with Crippen LogP contribution in [0.1, 0.15) is 65.2 Å². The van der Waals surface area contributed by atoms with Gasteiger partial charge in [0.15, 0.2) is 0 Å². The fourth-order valence-corrected chi connectivity index (χ4v) is 3.18. The summed E-state index contributed by atoms with van der Waals surface area (Å²) in [6, 6.07) is 0. The van der Waals surface area contributed by atoms with Crippen molar-refractivity contribution in [2.75, 3.05) is 32.8 Å². The molecule has 1 atom stereocenters. The Hall–Kier alpha value is -1.40. The SMILES string of the molecule is CCC(C)CCC(C(=O)O)=C(CCCCCCN1CCOCC1)C(=O)O. The summed E-state index contributed by atoms with van der Waals surface area (Å²) in [5, 5.41) is 18.9. The third-order valence-corrected chi connectivity index (χ3v) is 5.22. The van der Waals surface area contributed by atoms with Crippen LogP contribution >= 0.6 is 0 Å². The zero-order valence-corrected chi connectivity index (χ0v) is 16.3. The number of carbonyl (C=O) groups is 2. The van der Waals surface area contributed by atoms with E-state index in [0.717, 1.165) is 65.0 Å². The van der Waals surface area contributed by atoms with Crippen molar-refractivity contribution in [2.24, 2.45) is 5.92 Å². The predicted molar refractivity (Wildman–Crippen MR) is 101 cm³/mol. The molecule has 1 fully saturated rings. The van der Waals surface area contributed by atoms with Gasteiger partial charge in [-0.15, -0.1) is 0 Å². The molecule has 1 unspecified atom stereocenters. The van der Waals surface area contributed by atoms with Crippen LogP contribution in [0.4, 0.5) is 0 Å². The number of rotatable bonds is 13. The molecule has 26 heavy (non-hydrogen) atoms. The van der Waals surface area contributed by atoms with Crippen LogP contribution in [0.2, 0.25) is 0 Å². The largest absolute Gasteiger partial charge is 0.478 e. The number of unbranched alkanes of at least 4 members (excludes halogenated alkanes) is 3. The molecule has 0 radical (unpaired) electrons. The lowest BCUT2D eigenvalue weighted by Gasteiger charge is -2.26. The average molecular weight is 370 g/mol. The molecule has 0 bridgehead atoms. The molecule has 2 N–H and O–H groups in total. The molecule has 1 aliphatic rings. The molecule has 150 valence electrons. The summed E-state index contributed by atoms with van der Waals surface area (Å²) in [4.78, 5) is 25.5. The molecule has 0 aromatic carbocycles. The third-order valence-electron chi connectivity index (χ3n) is 5.22. The Kier molecular flexibility index (Phi) is 11.2. The molecule has 1 aliphatic heterocycles. The minimum absolute atomic E-state index is 0.0890. The van der Waals surface area contributed by atoms with Crippen LogP contribution in [0.5, 0.6) is 0 Å². The van der Waals surface area contributed by atoms with Crippen LogP contribution in [-0.2, 0) is 14.3 Å². The number of morpholine rings is 1. The Morgan fingerprint density at radius 2 is 1.54 bits per heavy atom. The topological polar surface area (TPSA) is 87.1 Å². The first-order chi connectivity index (χ1) is 12.5. The van der Waals surface area contributed by atoms with Crippen molar-refractivity contribution >= 4 is 11.9 Å². The molecule has 0 aromatic rings. The fourth-order valence-electron chi connectivity index (χ4n) is 3.18. The van der Waals surface area contributed by atoms with Gasteiger partial charge in [0.25, 0.3) is 0 Å². The second-order valence-electron chi connectivity index (χ2n) is 7.24. The van der Waals surface area contributed by atoms with E-state index >= 15 is 0 Å². The quantitative estimate of drug-likeness (QED) is 0.381. The molecule has 1 heterocycles. The Bertz CT molecular complexity index is 469. The predicted octanol–water partition coefficient (Wildman–Crippen LogP) is 3.56. The molecule has 0 aromatic heterocycles. The lowest BCUT2D eigenvalue weighted by molar-refractivity contribution is -0.136. The summed E-state index contributed by atoms with van der Waals surface area (Å²) in [7, 11) is 0. The molecule has 6 nitrogen and oxygen atoms in total. The summed E-state index contributed by atoms with van der Waals surface area (Å²) in [5.74, 6) is -1.77. The number of carboxylic acid groups (broad SMARTS) is 2. The Labute approximate surface area is 157 Å². The van der Waals surface area contributed by atoms with Crippen molar-refractivity contribution < 1.29 is 24.5 Å². The number of ether oxygens (including phenoxy) is 1. The zero-order valence-electron chi connectivity index (χ0n) is 16.3. The van der Waals surface area contributed by atoms with E-state index in [4.69, 9.17) is 4.74 Å². The van der Waals surface area contributed by atoms with E-state index in [9.17, 15) is 19.8 Å². The summed E-state index contributed by atoms with van der Waals surface area (Å²) in [6.45, 7) is 8.77. The van der Waals surface area contributed by atoms with Crippen LogP contribution in [0.15, 0.2) is 11.1 Å². The number of hydrogen-bond acceptors (Lipinski definition) is 4. The van der Waals surface area contributed by atoms with Crippen molar-refractivity contribution in [3.05, 3.63) is 11.1 Å². The zero-order chi connectivity index (χ0) is 19.4. The number of aliphatic carboxylic acids is 2. The van der Waals surface area contributed by atoms with Crippen molar-refractivity contribution in [3.63, 3.8) is 0 Å². The first kappa shape index (κ1) is 22.6. The summed E-state index contributed by atoms with van der Waals surface area (Å²) in [6.07, 6.45) is 6.15. The molecule has 0 amide bonds. The number of hydrogen-bond donors (Lipinski definition) is 2. The second-order valence-corrected chi connectivity index (χ2v) is 7.24. The van der Waals surface area contributed by atoms with Crippen LogP contribution in [0, 0.1) is 5.92 Å². The van der Waals surface area contributed by atoms with E-state index in [0.29, 0.717) is 25.2 Å². The van der Waals surface area contributed by atoms with Gasteiger partial charge in [-0.05, 0) is 44.6 Å². The second kappa shape index (κ2) is 12.9. The number of nitrogens with zero attached hydrogens (tertiary/aromatic N) is 1. The van der Waals surface area contributed by atoms with Crippen LogP contribution in [0.3, 0.4) is 0 Å².